The molecule has 1 amide bonds. The quantitative estimate of drug-likeness (QED) is 0.629. The number of nitrogens with zero attached hydrogens (tertiary/aromatic N) is 1. The van der Waals surface area contributed by atoms with Crippen molar-refractivity contribution in [3.8, 4) is 11.5 Å². The summed E-state index contributed by atoms with van der Waals surface area (Å²) >= 11 is 0. The lowest BCUT2D eigenvalue weighted by molar-refractivity contribution is -0.137. The van der Waals surface area contributed by atoms with Crippen LogP contribution in [0, 0.1) is 11.8 Å². The van der Waals surface area contributed by atoms with Crippen LogP contribution in [0.2, 0.25) is 0 Å². The van der Waals surface area contributed by atoms with Gasteiger partial charge in [0.2, 0.25) is 5.91 Å². The first-order valence-corrected chi connectivity index (χ1v) is 12.0. The van der Waals surface area contributed by atoms with Gasteiger partial charge in [-0.2, -0.15) is 0 Å². The van der Waals surface area contributed by atoms with E-state index in [0.29, 0.717) is 31.1 Å². The van der Waals surface area contributed by atoms with Crippen LogP contribution < -0.4 is 14.8 Å². The number of hydrogen-bond donors (Lipinski definition) is 1. The minimum Gasteiger partial charge on any atom is -0.490 e. The lowest BCUT2D eigenvalue weighted by Gasteiger charge is -2.35. The number of carbonyl (C=O) groups excluding carboxylic acids is 1. The Hall–Kier alpha value is -1.75. The first-order valence-electron chi connectivity index (χ1n) is 12.0. The molecule has 1 heterocycles. The molecule has 1 N–H and O–H groups in total. The van der Waals surface area contributed by atoms with Gasteiger partial charge in [0, 0.05) is 31.6 Å². The van der Waals surface area contributed by atoms with Crippen molar-refractivity contribution in [1.82, 2.24) is 10.2 Å². The number of likely N-dealkylation sites (tertiary alicyclic amines) is 1. The molecule has 1 aromatic rings. The third-order valence-corrected chi connectivity index (χ3v) is 6.24. The Labute approximate surface area is 182 Å². The Morgan fingerprint density at radius 3 is 2.47 bits per heavy atom. The Kier molecular flexibility index (Phi) is 8.86. The van der Waals surface area contributed by atoms with Gasteiger partial charge in [0.25, 0.3) is 0 Å². The lowest BCUT2D eigenvalue weighted by atomic mass is 9.87. The van der Waals surface area contributed by atoms with Gasteiger partial charge >= 0.3 is 0 Å². The van der Waals surface area contributed by atoms with Crippen molar-refractivity contribution in [2.75, 3.05) is 26.3 Å². The molecule has 3 rings (SSSR count). The number of amides is 1. The number of rotatable bonds is 9. The van der Waals surface area contributed by atoms with Crippen LogP contribution >= 0.6 is 0 Å². The smallest absolute Gasteiger partial charge is 0.225 e. The van der Waals surface area contributed by atoms with Crippen LogP contribution in [0.15, 0.2) is 18.2 Å². The largest absolute Gasteiger partial charge is 0.490 e. The van der Waals surface area contributed by atoms with E-state index in [2.05, 4.69) is 36.2 Å². The third kappa shape index (κ3) is 6.63. The summed E-state index contributed by atoms with van der Waals surface area (Å²) in [5, 5.41) is 3.68. The van der Waals surface area contributed by atoms with Gasteiger partial charge in [0.1, 0.15) is 0 Å². The minimum absolute atomic E-state index is 0.289. The van der Waals surface area contributed by atoms with Crippen LogP contribution in [0.1, 0.15) is 71.3 Å². The molecular formula is C25H40N2O3. The summed E-state index contributed by atoms with van der Waals surface area (Å²) in [4.78, 5) is 14.9. The maximum atomic E-state index is 12.7. The van der Waals surface area contributed by atoms with Gasteiger partial charge in [-0.15, -0.1) is 0 Å². The Morgan fingerprint density at radius 2 is 1.80 bits per heavy atom. The van der Waals surface area contributed by atoms with Crippen molar-refractivity contribution in [2.24, 2.45) is 11.8 Å². The molecule has 1 aliphatic carbocycles. The zero-order valence-electron chi connectivity index (χ0n) is 19.1. The SMILES string of the molecule is CCOc1cc(CNC2CCN(C(=O)C3CCCCC3)CC2)ccc1OCC(C)C. The first-order chi connectivity index (χ1) is 14.6. The van der Waals surface area contributed by atoms with Crippen LogP contribution in [-0.2, 0) is 11.3 Å². The number of carbonyl (C=O) groups is 1. The second-order valence-corrected chi connectivity index (χ2v) is 9.23. The molecule has 30 heavy (non-hydrogen) atoms. The van der Waals surface area contributed by atoms with E-state index < -0.39 is 0 Å². The predicted octanol–water partition coefficient (Wildman–Crippen LogP) is 4.78. The minimum atomic E-state index is 0.289. The average molecular weight is 417 g/mol. The number of hydrogen-bond acceptors (Lipinski definition) is 4. The van der Waals surface area contributed by atoms with Gasteiger partial charge in [-0.3, -0.25) is 4.79 Å². The van der Waals surface area contributed by atoms with Crippen LogP contribution in [0.4, 0.5) is 0 Å². The fourth-order valence-electron chi connectivity index (χ4n) is 4.48. The summed E-state index contributed by atoms with van der Waals surface area (Å²) < 4.78 is 11.7. The van der Waals surface area contributed by atoms with Crippen molar-refractivity contribution in [1.29, 1.82) is 0 Å². The molecule has 0 radical (unpaired) electrons. The number of nitrogens with one attached hydrogen (secondary N) is 1. The summed E-state index contributed by atoms with van der Waals surface area (Å²) in [5.74, 6) is 2.83. The number of benzene rings is 1. The molecular weight excluding hydrogens is 376 g/mol. The molecule has 5 nitrogen and oxygen atoms in total. The van der Waals surface area contributed by atoms with Gasteiger partial charge in [-0.05, 0) is 56.2 Å². The summed E-state index contributed by atoms with van der Waals surface area (Å²) in [6.07, 6.45) is 8.00. The summed E-state index contributed by atoms with van der Waals surface area (Å²) in [6, 6.07) is 6.70. The van der Waals surface area contributed by atoms with E-state index in [1.54, 1.807) is 0 Å². The molecule has 0 unspecified atom stereocenters. The molecule has 1 aromatic carbocycles. The van der Waals surface area contributed by atoms with Crippen LogP contribution in [0.25, 0.3) is 0 Å². The Morgan fingerprint density at radius 1 is 1.07 bits per heavy atom. The number of ether oxygens (including phenoxy) is 2. The molecule has 1 saturated heterocycles. The van der Waals surface area contributed by atoms with Gasteiger partial charge in [0.05, 0.1) is 13.2 Å². The zero-order valence-corrected chi connectivity index (χ0v) is 19.1. The van der Waals surface area contributed by atoms with Gasteiger partial charge in [0.15, 0.2) is 11.5 Å². The van der Waals surface area contributed by atoms with Crippen molar-refractivity contribution in [3.05, 3.63) is 23.8 Å². The molecule has 0 aromatic heterocycles. The van der Waals surface area contributed by atoms with Crippen LogP contribution in [0.5, 0.6) is 11.5 Å². The van der Waals surface area contributed by atoms with Crippen molar-refractivity contribution in [3.63, 3.8) is 0 Å². The highest BCUT2D eigenvalue weighted by Crippen LogP contribution is 2.29. The topological polar surface area (TPSA) is 50.8 Å². The van der Waals surface area contributed by atoms with E-state index in [4.69, 9.17) is 9.47 Å². The highest BCUT2D eigenvalue weighted by Gasteiger charge is 2.28. The average Bonchev–Trinajstić information content (AvgIpc) is 2.77. The molecule has 168 valence electrons. The second kappa shape index (κ2) is 11.6. The highest BCUT2D eigenvalue weighted by molar-refractivity contribution is 5.79. The molecule has 2 aliphatic rings. The standard InChI is InChI=1S/C25H40N2O3/c1-4-29-24-16-20(10-11-23(24)30-18-19(2)3)17-26-22-12-14-27(15-13-22)25(28)21-8-6-5-7-9-21/h10-11,16,19,21-22,26H,4-9,12-15,17-18H2,1-3H3. The van der Waals surface area contributed by atoms with E-state index in [1.165, 1.54) is 24.8 Å². The fourth-order valence-corrected chi connectivity index (χ4v) is 4.48. The van der Waals surface area contributed by atoms with E-state index in [1.807, 2.05) is 13.0 Å². The Balaban J connectivity index is 1.46. The molecule has 2 fully saturated rings. The Bertz CT molecular complexity index is 662. The van der Waals surface area contributed by atoms with Crippen molar-refractivity contribution < 1.29 is 14.3 Å². The predicted molar refractivity (Wildman–Crippen MR) is 121 cm³/mol. The normalized spacial score (nSPS) is 18.6. The first kappa shape index (κ1) is 22.9. The maximum Gasteiger partial charge on any atom is 0.225 e. The van der Waals surface area contributed by atoms with Crippen LogP contribution in [0.3, 0.4) is 0 Å². The van der Waals surface area contributed by atoms with Gasteiger partial charge < -0.3 is 19.7 Å². The summed E-state index contributed by atoms with van der Waals surface area (Å²) in [5.41, 5.74) is 1.20. The van der Waals surface area contributed by atoms with Crippen LogP contribution in [-0.4, -0.2) is 43.2 Å². The molecule has 0 atom stereocenters. The monoisotopic (exact) mass is 416 g/mol. The molecule has 5 heteroatoms. The van der Waals surface area contributed by atoms with Gasteiger partial charge in [-0.1, -0.05) is 39.2 Å². The molecule has 0 bridgehead atoms. The summed E-state index contributed by atoms with van der Waals surface area (Å²) in [7, 11) is 0. The van der Waals surface area contributed by atoms with Crippen molar-refractivity contribution >= 4 is 5.91 Å². The molecule has 0 spiro atoms. The van der Waals surface area contributed by atoms with E-state index in [9.17, 15) is 4.79 Å². The zero-order chi connectivity index (χ0) is 21.3. The van der Waals surface area contributed by atoms with Crippen molar-refractivity contribution in [2.45, 2.75) is 78.3 Å². The van der Waals surface area contributed by atoms with E-state index in [-0.39, 0.29) is 5.92 Å². The lowest BCUT2D eigenvalue weighted by Crippen LogP contribution is -2.46. The fraction of sp³-hybridized carbons (Fsp3) is 0.720. The van der Waals surface area contributed by atoms with Gasteiger partial charge in [-0.25, -0.2) is 0 Å². The second-order valence-electron chi connectivity index (χ2n) is 9.23. The maximum absolute atomic E-state index is 12.7. The summed E-state index contributed by atoms with van der Waals surface area (Å²) in [6.45, 7) is 10.2. The third-order valence-electron chi connectivity index (χ3n) is 6.24. The van der Waals surface area contributed by atoms with E-state index in [0.717, 1.165) is 56.8 Å². The number of piperidine rings is 1. The highest BCUT2D eigenvalue weighted by atomic mass is 16.5. The van der Waals surface area contributed by atoms with E-state index >= 15 is 0 Å². The molecule has 1 saturated carbocycles. The molecule has 1 aliphatic heterocycles.